The largest absolute Gasteiger partial charge is 0.479 e. The van der Waals surface area contributed by atoms with Crippen LogP contribution in [0.1, 0.15) is 11.1 Å². The third-order valence-corrected chi connectivity index (χ3v) is 3.11. The summed E-state index contributed by atoms with van der Waals surface area (Å²) >= 11 is 0. The van der Waals surface area contributed by atoms with Crippen LogP contribution in [0, 0.1) is 34.9 Å². The van der Waals surface area contributed by atoms with Gasteiger partial charge in [0.1, 0.15) is 0 Å². The summed E-state index contributed by atoms with van der Waals surface area (Å²) in [7, 11) is 0. The highest BCUT2D eigenvalue weighted by Gasteiger charge is 2.42. The number of aliphatic hydroxyl groups is 1. The topological polar surface area (TPSA) is 57.5 Å². The second-order valence-electron chi connectivity index (χ2n) is 4.52. The van der Waals surface area contributed by atoms with E-state index in [1.54, 1.807) is 0 Å². The van der Waals surface area contributed by atoms with E-state index in [0.717, 1.165) is 0 Å². The maximum Gasteiger partial charge on any atom is 0.345 e. The Kier molecular flexibility index (Phi) is 4.08. The van der Waals surface area contributed by atoms with Crippen LogP contribution >= 0.6 is 0 Å². The minimum absolute atomic E-state index is 0.145. The van der Waals surface area contributed by atoms with Crippen molar-refractivity contribution in [3.05, 3.63) is 70.3 Å². The molecule has 0 fully saturated rings. The van der Waals surface area contributed by atoms with Gasteiger partial charge in [-0.1, -0.05) is 0 Å². The van der Waals surface area contributed by atoms with Gasteiger partial charge in [0.05, 0.1) is 0 Å². The number of halogens is 6. The summed E-state index contributed by atoms with van der Waals surface area (Å²) in [6.07, 6.45) is 0. The summed E-state index contributed by atoms with van der Waals surface area (Å²) in [6.45, 7) is 0. The molecule has 2 rings (SSSR count). The van der Waals surface area contributed by atoms with E-state index in [1.165, 1.54) is 0 Å². The zero-order valence-electron chi connectivity index (χ0n) is 10.9. The Morgan fingerprint density at radius 2 is 1.00 bits per heavy atom. The molecule has 0 radical (unpaired) electrons. The Morgan fingerprint density at radius 3 is 1.22 bits per heavy atom. The third-order valence-electron chi connectivity index (χ3n) is 3.11. The summed E-state index contributed by atoms with van der Waals surface area (Å²) in [4.78, 5) is 11.3. The maximum absolute atomic E-state index is 13.2. The molecule has 3 nitrogen and oxygen atoms in total. The van der Waals surface area contributed by atoms with Gasteiger partial charge in [0, 0.05) is 11.1 Å². The number of carboxylic acid groups (broad SMARTS) is 1. The average molecular weight is 336 g/mol. The Bertz CT molecular complexity index is 702. The van der Waals surface area contributed by atoms with E-state index in [2.05, 4.69) is 0 Å². The minimum Gasteiger partial charge on any atom is -0.479 e. The molecule has 0 saturated carbocycles. The fourth-order valence-corrected chi connectivity index (χ4v) is 1.94. The predicted molar refractivity (Wildman–Crippen MR) is 63.3 cm³/mol. The van der Waals surface area contributed by atoms with Crippen molar-refractivity contribution in [3.63, 3.8) is 0 Å². The van der Waals surface area contributed by atoms with Crippen molar-refractivity contribution in [2.75, 3.05) is 0 Å². The first kappa shape index (κ1) is 16.8. The van der Waals surface area contributed by atoms with Gasteiger partial charge in [-0.2, -0.15) is 0 Å². The second-order valence-corrected chi connectivity index (χ2v) is 4.52. The molecule has 0 amide bonds. The molecule has 0 saturated heterocycles. The summed E-state index contributed by atoms with van der Waals surface area (Å²) in [5.74, 6) is -13.4. The number of rotatable bonds is 3. The van der Waals surface area contributed by atoms with Crippen molar-refractivity contribution in [2.24, 2.45) is 0 Å². The van der Waals surface area contributed by atoms with Crippen molar-refractivity contribution < 1.29 is 41.4 Å². The highest BCUT2D eigenvalue weighted by molar-refractivity contribution is 5.83. The molecule has 0 unspecified atom stereocenters. The van der Waals surface area contributed by atoms with Crippen molar-refractivity contribution >= 4 is 5.97 Å². The van der Waals surface area contributed by atoms with Crippen LogP contribution < -0.4 is 0 Å². The lowest BCUT2D eigenvalue weighted by molar-refractivity contribution is -0.155. The summed E-state index contributed by atoms with van der Waals surface area (Å²) in [5, 5.41) is 19.3. The lowest BCUT2D eigenvalue weighted by Crippen LogP contribution is -2.37. The first-order valence-corrected chi connectivity index (χ1v) is 5.84. The van der Waals surface area contributed by atoms with Crippen molar-refractivity contribution in [3.8, 4) is 0 Å². The van der Waals surface area contributed by atoms with Crippen molar-refractivity contribution in [2.45, 2.75) is 5.60 Å². The van der Waals surface area contributed by atoms with Crippen molar-refractivity contribution in [1.82, 2.24) is 0 Å². The Balaban J connectivity index is 2.77. The van der Waals surface area contributed by atoms with E-state index in [4.69, 9.17) is 5.11 Å². The quantitative estimate of drug-likeness (QED) is 0.669. The molecule has 2 aromatic carbocycles. The standard InChI is InChI=1S/C14H6F6O3/c15-7-1-5(2-8(16)11(7)19)14(23,13(21)22)6-3-9(17)12(20)10(18)4-6/h1-4,23H,(H,21,22). The molecule has 9 heteroatoms. The molecule has 0 aromatic heterocycles. The van der Waals surface area contributed by atoms with Crippen LogP contribution in [0.2, 0.25) is 0 Å². The number of hydrogen-bond donors (Lipinski definition) is 2. The van der Waals surface area contributed by atoms with Gasteiger partial charge in [0.2, 0.25) is 5.60 Å². The van der Waals surface area contributed by atoms with Crippen LogP contribution in [0.25, 0.3) is 0 Å². The van der Waals surface area contributed by atoms with E-state index in [1.807, 2.05) is 0 Å². The van der Waals surface area contributed by atoms with E-state index in [9.17, 15) is 36.2 Å². The van der Waals surface area contributed by atoms with E-state index < -0.39 is 57.6 Å². The van der Waals surface area contributed by atoms with Gasteiger partial charge in [-0.25, -0.2) is 31.1 Å². The van der Waals surface area contributed by atoms with Gasteiger partial charge in [-0.3, -0.25) is 0 Å². The summed E-state index contributed by atoms with van der Waals surface area (Å²) < 4.78 is 78.8. The first-order chi connectivity index (χ1) is 10.6. The normalized spacial score (nSPS) is 11.6. The van der Waals surface area contributed by atoms with Crippen LogP contribution in [-0.2, 0) is 10.4 Å². The number of aliphatic carboxylic acids is 1. The highest BCUT2D eigenvalue weighted by Crippen LogP contribution is 2.33. The van der Waals surface area contributed by atoms with Gasteiger partial charge < -0.3 is 10.2 Å². The Labute approximate surface area is 124 Å². The van der Waals surface area contributed by atoms with Crippen molar-refractivity contribution in [1.29, 1.82) is 0 Å². The molecule has 0 aliphatic carbocycles. The predicted octanol–water partition coefficient (Wildman–Crippen LogP) is 2.84. The minimum atomic E-state index is -3.34. The Morgan fingerprint density at radius 1 is 0.739 bits per heavy atom. The zero-order valence-corrected chi connectivity index (χ0v) is 10.9. The summed E-state index contributed by atoms with van der Waals surface area (Å²) in [6, 6.07) is 0.578. The highest BCUT2D eigenvalue weighted by atomic mass is 19.2. The molecular formula is C14H6F6O3. The lowest BCUT2D eigenvalue weighted by Gasteiger charge is -2.25. The molecule has 0 atom stereocenters. The van der Waals surface area contributed by atoms with Gasteiger partial charge in [-0.05, 0) is 24.3 Å². The zero-order chi connectivity index (χ0) is 17.5. The van der Waals surface area contributed by atoms with E-state index >= 15 is 0 Å². The second kappa shape index (κ2) is 5.58. The van der Waals surface area contributed by atoms with Crippen LogP contribution in [0.15, 0.2) is 24.3 Å². The first-order valence-electron chi connectivity index (χ1n) is 5.84. The number of carbonyl (C=O) groups is 1. The lowest BCUT2D eigenvalue weighted by atomic mass is 9.86. The molecule has 23 heavy (non-hydrogen) atoms. The molecule has 122 valence electrons. The molecule has 0 aliphatic heterocycles. The fraction of sp³-hybridized carbons (Fsp3) is 0.0714. The molecule has 0 aliphatic rings. The van der Waals surface area contributed by atoms with Gasteiger partial charge >= 0.3 is 5.97 Å². The van der Waals surface area contributed by atoms with Gasteiger partial charge in [-0.15, -0.1) is 0 Å². The number of benzene rings is 2. The number of carboxylic acids is 1. The molecular weight excluding hydrogens is 330 g/mol. The van der Waals surface area contributed by atoms with Gasteiger partial charge in [0.15, 0.2) is 34.9 Å². The fourth-order valence-electron chi connectivity index (χ4n) is 1.94. The molecule has 0 heterocycles. The number of hydrogen-bond acceptors (Lipinski definition) is 2. The van der Waals surface area contributed by atoms with E-state index in [-0.39, 0.29) is 24.3 Å². The average Bonchev–Trinajstić information content (AvgIpc) is 2.48. The van der Waals surface area contributed by atoms with Gasteiger partial charge in [0.25, 0.3) is 0 Å². The monoisotopic (exact) mass is 336 g/mol. The molecule has 2 aromatic rings. The van der Waals surface area contributed by atoms with E-state index in [0.29, 0.717) is 0 Å². The van der Waals surface area contributed by atoms with Crippen LogP contribution in [0.3, 0.4) is 0 Å². The van der Waals surface area contributed by atoms with Crippen LogP contribution in [0.5, 0.6) is 0 Å². The molecule has 2 N–H and O–H groups in total. The smallest absolute Gasteiger partial charge is 0.345 e. The third kappa shape index (κ3) is 2.63. The summed E-state index contributed by atoms with van der Waals surface area (Å²) in [5.41, 5.74) is -5.44. The molecule has 0 spiro atoms. The maximum atomic E-state index is 13.2. The van der Waals surface area contributed by atoms with Crippen LogP contribution in [0.4, 0.5) is 26.3 Å². The molecule has 0 bridgehead atoms. The Hall–Kier alpha value is -2.55. The van der Waals surface area contributed by atoms with Crippen LogP contribution in [-0.4, -0.2) is 16.2 Å². The SMILES string of the molecule is O=C(O)C(O)(c1cc(F)c(F)c(F)c1)c1cc(F)c(F)c(F)c1.